The van der Waals surface area contributed by atoms with E-state index in [0.29, 0.717) is 12.5 Å². The summed E-state index contributed by atoms with van der Waals surface area (Å²) in [6.07, 6.45) is 3.24. The lowest BCUT2D eigenvalue weighted by Crippen LogP contribution is -2.31. The molecule has 0 aromatic heterocycles. The van der Waals surface area contributed by atoms with Crippen molar-refractivity contribution in [2.45, 2.75) is 39.2 Å². The van der Waals surface area contributed by atoms with Crippen LogP contribution in [-0.4, -0.2) is 12.6 Å². The number of benzene rings is 1. The maximum absolute atomic E-state index is 6.12. The van der Waals surface area contributed by atoms with Crippen LogP contribution in [0, 0.1) is 5.92 Å². The Morgan fingerprint density at radius 1 is 1.12 bits per heavy atom. The third-order valence-electron chi connectivity index (χ3n) is 3.12. The highest BCUT2D eigenvalue weighted by Crippen LogP contribution is 2.15. The SMILES string of the molecule is CCC(CC)C(N)CCOc1ccccc1. The van der Waals surface area contributed by atoms with Crippen LogP contribution in [0.4, 0.5) is 0 Å². The Hall–Kier alpha value is -1.02. The first kappa shape index (κ1) is 13.0. The van der Waals surface area contributed by atoms with Gasteiger partial charge < -0.3 is 10.5 Å². The zero-order valence-electron chi connectivity index (χ0n) is 10.4. The number of rotatable bonds is 7. The average molecular weight is 221 g/mol. The summed E-state index contributed by atoms with van der Waals surface area (Å²) in [4.78, 5) is 0. The second-order valence-electron chi connectivity index (χ2n) is 4.19. The smallest absolute Gasteiger partial charge is 0.119 e. The molecule has 0 aliphatic heterocycles. The highest BCUT2D eigenvalue weighted by Gasteiger charge is 2.13. The summed E-state index contributed by atoms with van der Waals surface area (Å²) in [6.45, 7) is 5.11. The zero-order chi connectivity index (χ0) is 11.8. The topological polar surface area (TPSA) is 35.2 Å². The second-order valence-corrected chi connectivity index (χ2v) is 4.19. The lowest BCUT2D eigenvalue weighted by molar-refractivity contribution is 0.268. The molecule has 0 amide bonds. The highest BCUT2D eigenvalue weighted by molar-refractivity contribution is 5.20. The lowest BCUT2D eigenvalue weighted by Gasteiger charge is -2.21. The van der Waals surface area contributed by atoms with Crippen LogP contribution in [0.5, 0.6) is 5.75 Å². The Bertz CT molecular complexity index is 269. The fourth-order valence-corrected chi connectivity index (χ4v) is 1.96. The molecule has 1 aromatic rings. The molecular weight excluding hydrogens is 198 g/mol. The molecule has 0 bridgehead atoms. The van der Waals surface area contributed by atoms with Gasteiger partial charge in [0.25, 0.3) is 0 Å². The Morgan fingerprint density at radius 2 is 1.75 bits per heavy atom. The summed E-state index contributed by atoms with van der Waals surface area (Å²) in [5.41, 5.74) is 6.12. The molecule has 0 aliphatic carbocycles. The van der Waals surface area contributed by atoms with E-state index in [-0.39, 0.29) is 6.04 Å². The molecular formula is C14H23NO. The summed E-state index contributed by atoms with van der Waals surface area (Å²) >= 11 is 0. The van der Waals surface area contributed by atoms with E-state index in [1.165, 1.54) is 0 Å². The number of ether oxygens (including phenoxy) is 1. The van der Waals surface area contributed by atoms with Crippen molar-refractivity contribution in [1.29, 1.82) is 0 Å². The van der Waals surface area contributed by atoms with Crippen molar-refractivity contribution in [2.24, 2.45) is 11.7 Å². The minimum atomic E-state index is 0.263. The van der Waals surface area contributed by atoms with Crippen LogP contribution in [-0.2, 0) is 0 Å². The largest absolute Gasteiger partial charge is 0.494 e. The minimum absolute atomic E-state index is 0.263. The summed E-state index contributed by atoms with van der Waals surface area (Å²) in [5.74, 6) is 1.55. The highest BCUT2D eigenvalue weighted by atomic mass is 16.5. The van der Waals surface area contributed by atoms with Crippen LogP contribution in [0.3, 0.4) is 0 Å². The monoisotopic (exact) mass is 221 g/mol. The fourth-order valence-electron chi connectivity index (χ4n) is 1.96. The molecule has 0 saturated heterocycles. The third kappa shape index (κ3) is 4.23. The van der Waals surface area contributed by atoms with Crippen molar-refractivity contribution in [1.82, 2.24) is 0 Å². The second kappa shape index (κ2) is 7.29. The van der Waals surface area contributed by atoms with Gasteiger partial charge in [-0.15, -0.1) is 0 Å². The van der Waals surface area contributed by atoms with Gasteiger partial charge >= 0.3 is 0 Å². The van der Waals surface area contributed by atoms with Gasteiger partial charge in [-0.3, -0.25) is 0 Å². The molecule has 0 saturated carbocycles. The molecule has 1 unspecified atom stereocenters. The predicted octanol–water partition coefficient (Wildman–Crippen LogP) is 3.22. The number of para-hydroxylation sites is 1. The normalized spacial score (nSPS) is 12.8. The van der Waals surface area contributed by atoms with Gasteiger partial charge in [0.1, 0.15) is 5.75 Å². The van der Waals surface area contributed by atoms with Crippen molar-refractivity contribution in [2.75, 3.05) is 6.61 Å². The number of nitrogens with two attached hydrogens (primary N) is 1. The van der Waals surface area contributed by atoms with Crippen LogP contribution in [0.15, 0.2) is 30.3 Å². The molecule has 0 spiro atoms. The summed E-state index contributed by atoms with van der Waals surface area (Å²) in [5, 5.41) is 0. The molecule has 1 atom stereocenters. The molecule has 2 heteroatoms. The molecule has 2 N–H and O–H groups in total. The van der Waals surface area contributed by atoms with Crippen molar-refractivity contribution in [3.63, 3.8) is 0 Å². The minimum Gasteiger partial charge on any atom is -0.494 e. The van der Waals surface area contributed by atoms with E-state index in [1.54, 1.807) is 0 Å². The summed E-state index contributed by atoms with van der Waals surface area (Å²) < 4.78 is 5.64. The fraction of sp³-hybridized carbons (Fsp3) is 0.571. The van der Waals surface area contributed by atoms with E-state index in [2.05, 4.69) is 13.8 Å². The zero-order valence-corrected chi connectivity index (χ0v) is 10.4. The van der Waals surface area contributed by atoms with Gasteiger partial charge in [-0.1, -0.05) is 44.9 Å². The molecule has 2 nitrogen and oxygen atoms in total. The molecule has 1 aromatic carbocycles. The summed E-state index contributed by atoms with van der Waals surface area (Å²) in [7, 11) is 0. The van der Waals surface area contributed by atoms with E-state index in [1.807, 2.05) is 30.3 Å². The number of hydrogen-bond acceptors (Lipinski definition) is 2. The van der Waals surface area contributed by atoms with Crippen molar-refractivity contribution in [3.05, 3.63) is 30.3 Å². The van der Waals surface area contributed by atoms with Crippen molar-refractivity contribution >= 4 is 0 Å². The van der Waals surface area contributed by atoms with Gasteiger partial charge in [0.05, 0.1) is 6.61 Å². The van der Waals surface area contributed by atoms with Crippen LogP contribution in [0.2, 0.25) is 0 Å². The van der Waals surface area contributed by atoms with Gasteiger partial charge in [0, 0.05) is 6.04 Å². The summed E-state index contributed by atoms with van der Waals surface area (Å²) in [6, 6.07) is 10.2. The first-order valence-corrected chi connectivity index (χ1v) is 6.21. The van der Waals surface area contributed by atoms with E-state index in [0.717, 1.165) is 25.0 Å². The van der Waals surface area contributed by atoms with Gasteiger partial charge in [-0.25, -0.2) is 0 Å². The van der Waals surface area contributed by atoms with Crippen LogP contribution >= 0.6 is 0 Å². The van der Waals surface area contributed by atoms with Crippen LogP contribution < -0.4 is 10.5 Å². The molecule has 0 heterocycles. The molecule has 1 rings (SSSR count). The van der Waals surface area contributed by atoms with E-state index >= 15 is 0 Å². The Balaban J connectivity index is 2.25. The van der Waals surface area contributed by atoms with Gasteiger partial charge in [-0.2, -0.15) is 0 Å². The first-order valence-electron chi connectivity index (χ1n) is 6.21. The van der Waals surface area contributed by atoms with Gasteiger partial charge in [0.2, 0.25) is 0 Å². The first-order chi connectivity index (χ1) is 7.77. The van der Waals surface area contributed by atoms with Crippen LogP contribution in [0.25, 0.3) is 0 Å². The quantitative estimate of drug-likeness (QED) is 0.767. The van der Waals surface area contributed by atoms with Gasteiger partial charge in [0.15, 0.2) is 0 Å². The van der Waals surface area contributed by atoms with Gasteiger partial charge in [-0.05, 0) is 24.5 Å². The molecule has 0 fully saturated rings. The van der Waals surface area contributed by atoms with E-state index < -0.39 is 0 Å². The van der Waals surface area contributed by atoms with Crippen LogP contribution in [0.1, 0.15) is 33.1 Å². The third-order valence-corrected chi connectivity index (χ3v) is 3.12. The molecule has 16 heavy (non-hydrogen) atoms. The Kier molecular flexibility index (Phi) is 5.94. The Labute approximate surface area is 98.8 Å². The maximum atomic E-state index is 6.12. The standard InChI is InChI=1S/C14H23NO/c1-3-12(4-2)14(15)10-11-16-13-8-6-5-7-9-13/h5-9,12,14H,3-4,10-11,15H2,1-2H3. The van der Waals surface area contributed by atoms with E-state index in [9.17, 15) is 0 Å². The maximum Gasteiger partial charge on any atom is 0.119 e. The molecule has 90 valence electrons. The average Bonchev–Trinajstić information content (AvgIpc) is 2.32. The lowest BCUT2D eigenvalue weighted by atomic mass is 9.93. The molecule has 0 aliphatic rings. The Morgan fingerprint density at radius 3 is 2.31 bits per heavy atom. The van der Waals surface area contributed by atoms with E-state index in [4.69, 9.17) is 10.5 Å². The molecule has 0 radical (unpaired) electrons. The van der Waals surface area contributed by atoms with Crippen molar-refractivity contribution < 1.29 is 4.74 Å². The predicted molar refractivity (Wildman–Crippen MR) is 68.6 cm³/mol. The number of hydrogen-bond donors (Lipinski definition) is 1. The van der Waals surface area contributed by atoms with Crippen molar-refractivity contribution in [3.8, 4) is 5.75 Å².